The maximum Gasteiger partial charge on any atom is 0.263 e. The van der Waals surface area contributed by atoms with Gasteiger partial charge in [-0.1, -0.05) is 43.1 Å². The van der Waals surface area contributed by atoms with E-state index in [0.29, 0.717) is 40.3 Å². The van der Waals surface area contributed by atoms with Gasteiger partial charge in [-0.15, -0.1) is 0 Å². The van der Waals surface area contributed by atoms with E-state index in [0.717, 1.165) is 31.7 Å². The number of anilines is 1. The number of nitrogens with one attached hydrogen (secondary N) is 1. The van der Waals surface area contributed by atoms with Crippen molar-refractivity contribution < 1.29 is 4.74 Å². The first-order chi connectivity index (χ1) is 14.8. The third-order valence-electron chi connectivity index (χ3n) is 6.75. The largest absolute Gasteiger partial charge is 0.380 e. The van der Waals surface area contributed by atoms with Crippen molar-refractivity contribution in [2.45, 2.75) is 39.5 Å². The van der Waals surface area contributed by atoms with Crippen LogP contribution >= 0.6 is 23.2 Å². The van der Waals surface area contributed by atoms with Crippen LogP contribution in [0.5, 0.6) is 0 Å². The molecule has 0 radical (unpaired) electrons. The Balaban J connectivity index is 1.74. The van der Waals surface area contributed by atoms with Crippen LogP contribution in [0.2, 0.25) is 10.0 Å². The normalized spacial score (nSPS) is 20.6. The Morgan fingerprint density at radius 2 is 2.00 bits per heavy atom. The van der Waals surface area contributed by atoms with Crippen LogP contribution in [0.25, 0.3) is 5.69 Å². The lowest BCUT2D eigenvalue weighted by molar-refractivity contribution is 0.131. The van der Waals surface area contributed by atoms with Crippen LogP contribution in [-0.4, -0.2) is 42.1 Å². The lowest BCUT2D eigenvalue weighted by Gasteiger charge is -2.42. The van der Waals surface area contributed by atoms with Crippen LogP contribution in [0.15, 0.2) is 23.0 Å². The summed E-state index contributed by atoms with van der Waals surface area (Å²) in [6.07, 6.45) is 3.39. The molecule has 0 aliphatic carbocycles. The van der Waals surface area contributed by atoms with Crippen molar-refractivity contribution >= 4 is 35.2 Å². The van der Waals surface area contributed by atoms with Crippen molar-refractivity contribution in [3.8, 4) is 5.69 Å². The van der Waals surface area contributed by atoms with E-state index in [-0.39, 0.29) is 22.8 Å². The highest BCUT2D eigenvalue weighted by Crippen LogP contribution is 2.44. The van der Waals surface area contributed by atoms with Crippen molar-refractivity contribution in [3.05, 3.63) is 50.0 Å². The summed E-state index contributed by atoms with van der Waals surface area (Å²) in [6, 6.07) is 5.28. The summed E-state index contributed by atoms with van der Waals surface area (Å²) >= 11 is 12.6. The van der Waals surface area contributed by atoms with Gasteiger partial charge in [-0.3, -0.25) is 9.36 Å². The molecule has 6 nitrogen and oxygen atoms in total. The highest BCUT2D eigenvalue weighted by atomic mass is 35.5. The van der Waals surface area contributed by atoms with Gasteiger partial charge in [0.2, 0.25) is 0 Å². The number of ether oxygens (including phenoxy) is 1. The Hall–Kier alpha value is -1.89. The highest BCUT2D eigenvalue weighted by Gasteiger charge is 2.45. The molecule has 1 aromatic heterocycles. The summed E-state index contributed by atoms with van der Waals surface area (Å²) in [5.74, 6) is 1.51. The fraction of sp³-hybridized carbons (Fsp3) is 0.522. The smallest absolute Gasteiger partial charge is 0.263 e. The molecule has 1 spiro atoms. The molecule has 0 saturated carbocycles. The molecule has 8 heteroatoms. The number of piperidine rings is 1. The fourth-order valence-corrected chi connectivity index (χ4v) is 5.28. The Morgan fingerprint density at radius 1 is 1.29 bits per heavy atom. The number of benzene rings is 1. The predicted molar refractivity (Wildman–Crippen MR) is 126 cm³/mol. The first kappa shape index (κ1) is 22.3. The van der Waals surface area contributed by atoms with E-state index in [4.69, 9.17) is 38.3 Å². The van der Waals surface area contributed by atoms with Gasteiger partial charge in [0.15, 0.2) is 0 Å². The molecule has 3 heterocycles. The molecule has 2 aliphatic heterocycles. The van der Waals surface area contributed by atoms with Gasteiger partial charge in [-0.25, -0.2) is 4.98 Å². The standard InChI is InChI=1S/C23H28Cl2N4O2/c1-14(2)19-21(28-9-7-23(8-10-28)13-31-12-16(23)11-26)27-15(3)29(22(19)30)18-6-4-5-17(24)20(18)25/h4-6,11,14,16,26H,7-10,12-13H2,1-3H3/t16-/m1/s1. The topological polar surface area (TPSA) is 71.2 Å². The third kappa shape index (κ3) is 3.79. The molecule has 1 aromatic carbocycles. The molecule has 2 fully saturated rings. The van der Waals surface area contributed by atoms with Crippen LogP contribution in [-0.2, 0) is 4.74 Å². The number of rotatable bonds is 4. The molecule has 1 atom stereocenters. The highest BCUT2D eigenvalue weighted by molar-refractivity contribution is 6.43. The number of aryl methyl sites for hydroxylation is 1. The number of halogens is 2. The van der Waals surface area contributed by atoms with Crippen LogP contribution in [0, 0.1) is 23.7 Å². The van der Waals surface area contributed by atoms with Gasteiger partial charge in [0, 0.05) is 30.6 Å². The van der Waals surface area contributed by atoms with E-state index < -0.39 is 0 Å². The summed E-state index contributed by atoms with van der Waals surface area (Å²) in [5.41, 5.74) is 1.16. The zero-order valence-corrected chi connectivity index (χ0v) is 19.6. The summed E-state index contributed by atoms with van der Waals surface area (Å²) in [7, 11) is 0. The molecule has 1 N–H and O–H groups in total. The molecule has 0 unspecified atom stereocenters. The molecule has 0 bridgehead atoms. The molecule has 31 heavy (non-hydrogen) atoms. The SMILES string of the molecule is Cc1nc(N2CCC3(CC2)COC[C@H]3C=N)c(C(C)C)c(=O)n1-c1cccc(Cl)c1Cl. The second kappa shape index (κ2) is 8.57. The van der Waals surface area contributed by atoms with Crippen molar-refractivity contribution in [2.75, 3.05) is 31.2 Å². The van der Waals surface area contributed by atoms with E-state index >= 15 is 0 Å². The minimum absolute atomic E-state index is 0.000154. The quantitative estimate of drug-likeness (QED) is 0.658. The van der Waals surface area contributed by atoms with Gasteiger partial charge in [-0.05, 0) is 37.8 Å². The number of aromatic nitrogens is 2. The van der Waals surface area contributed by atoms with Crippen molar-refractivity contribution in [1.29, 1.82) is 5.41 Å². The Kier molecular flexibility index (Phi) is 6.16. The summed E-state index contributed by atoms with van der Waals surface area (Å²) in [5, 5.41) is 8.51. The van der Waals surface area contributed by atoms with Crippen LogP contribution in [0.4, 0.5) is 5.82 Å². The predicted octanol–water partition coefficient (Wildman–Crippen LogP) is 4.85. The van der Waals surface area contributed by atoms with E-state index in [1.165, 1.54) is 0 Å². The second-order valence-corrected chi connectivity index (χ2v) is 9.69. The maximum absolute atomic E-state index is 13.7. The summed E-state index contributed by atoms with van der Waals surface area (Å²) < 4.78 is 7.27. The average molecular weight is 463 g/mol. The molecule has 2 saturated heterocycles. The van der Waals surface area contributed by atoms with Crippen LogP contribution in [0.3, 0.4) is 0 Å². The molecule has 2 aromatic rings. The monoisotopic (exact) mass is 462 g/mol. The lowest BCUT2D eigenvalue weighted by Crippen LogP contribution is -2.45. The fourth-order valence-electron chi connectivity index (χ4n) is 4.90. The van der Waals surface area contributed by atoms with Gasteiger partial charge in [0.05, 0.1) is 34.5 Å². The number of hydrogen-bond donors (Lipinski definition) is 1. The first-order valence-electron chi connectivity index (χ1n) is 10.7. The van der Waals surface area contributed by atoms with E-state index in [9.17, 15) is 4.79 Å². The molecule has 0 amide bonds. The van der Waals surface area contributed by atoms with Gasteiger partial charge >= 0.3 is 0 Å². The molecule has 2 aliphatic rings. The first-order valence-corrected chi connectivity index (χ1v) is 11.5. The van der Waals surface area contributed by atoms with E-state index in [2.05, 4.69) is 4.90 Å². The molecule has 4 rings (SSSR count). The Labute approximate surface area is 192 Å². The van der Waals surface area contributed by atoms with Crippen molar-refractivity contribution in [3.63, 3.8) is 0 Å². The van der Waals surface area contributed by atoms with Gasteiger partial charge in [0.1, 0.15) is 11.6 Å². The van der Waals surface area contributed by atoms with Crippen molar-refractivity contribution in [1.82, 2.24) is 9.55 Å². The zero-order valence-electron chi connectivity index (χ0n) is 18.1. The molecular formula is C23H28Cl2N4O2. The zero-order chi connectivity index (χ0) is 22.3. The summed E-state index contributed by atoms with van der Waals surface area (Å²) in [4.78, 5) is 20.8. The van der Waals surface area contributed by atoms with E-state index in [1.807, 2.05) is 20.8 Å². The minimum Gasteiger partial charge on any atom is -0.380 e. The van der Waals surface area contributed by atoms with Crippen LogP contribution < -0.4 is 10.5 Å². The van der Waals surface area contributed by atoms with Crippen molar-refractivity contribution in [2.24, 2.45) is 11.3 Å². The van der Waals surface area contributed by atoms with Gasteiger partial charge < -0.3 is 15.0 Å². The van der Waals surface area contributed by atoms with Crippen LogP contribution in [0.1, 0.15) is 44.0 Å². The Morgan fingerprint density at radius 3 is 2.65 bits per heavy atom. The average Bonchev–Trinajstić information content (AvgIpc) is 3.12. The number of hydrogen-bond acceptors (Lipinski definition) is 5. The van der Waals surface area contributed by atoms with Gasteiger partial charge in [-0.2, -0.15) is 0 Å². The third-order valence-corrected chi connectivity index (χ3v) is 7.56. The second-order valence-electron chi connectivity index (χ2n) is 8.90. The maximum atomic E-state index is 13.7. The Bertz CT molecular complexity index is 1060. The lowest BCUT2D eigenvalue weighted by atomic mass is 9.71. The summed E-state index contributed by atoms with van der Waals surface area (Å²) in [6.45, 7) is 8.79. The van der Waals surface area contributed by atoms with Gasteiger partial charge in [0.25, 0.3) is 5.56 Å². The number of nitrogens with zero attached hydrogens (tertiary/aromatic N) is 3. The molecular weight excluding hydrogens is 435 g/mol. The minimum atomic E-state index is -0.108. The van der Waals surface area contributed by atoms with E-state index in [1.54, 1.807) is 29.0 Å². The molecule has 166 valence electrons.